The molecule has 1 aromatic carbocycles. The van der Waals surface area contributed by atoms with Gasteiger partial charge < -0.3 is 9.09 Å². The van der Waals surface area contributed by atoms with Gasteiger partial charge >= 0.3 is 0 Å². The molecule has 0 aliphatic heterocycles. The Morgan fingerprint density at radius 2 is 2.11 bits per heavy atom. The fraction of sp³-hybridized carbons (Fsp3) is 0.286. The molecule has 0 radical (unpaired) electrons. The molecule has 0 spiro atoms. The Hall–Kier alpha value is -2.10. The summed E-state index contributed by atoms with van der Waals surface area (Å²) < 4.78 is 7.33. The van der Waals surface area contributed by atoms with E-state index in [2.05, 4.69) is 46.0 Å². The van der Waals surface area contributed by atoms with Gasteiger partial charge in [-0.3, -0.25) is 0 Å². The molecule has 0 unspecified atom stereocenters. The fourth-order valence-electron chi connectivity index (χ4n) is 2.10. The number of hydrogen-bond donors (Lipinski definition) is 0. The van der Waals surface area contributed by atoms with Crippen molar-refractivity contribution in [2.24, 2.45) is 0 Å². The molecular formula is C14H15N3O. The predicted octanol–water partition coefficient (Wildman–Crippen LogP) is 3.03. The molecule has 4 nitrogen and oxygen atoms in total. The zero-order chi connectivity index (χ0) is 12.4. The summed E-state index contributed by atoms with van der Waals surface area (Å²) in [5.41, 5.74) is 1.19. The monoisotopic (exact) mass is 241 g/mol. The minimum Gasteiger partial charge on any atom is -0.340 e. The van der Waals surface area contributed by atoms with E-state index in [9.17, 15) is 0 Å². The topological polar surface area (TPSA) is 43.9 Å². The van der Waals surface area contributed by atoms with E-state index in [0.717, 1.165) is 24.6 Å². The first-order chi connectivity index (χ1) is 8.86. The number of fused-ring (bicyclic) bond motifs is 1. The smallest absolute Gasteiger partial charge is 0.226 e. The number of benzene rings is 1. The van der Waals surface area contributed by atoms with Gasteiger partial charge in [-0.25, -0.2) is 0 Å². The summed E-state index contributed by atoms with van der Waals surface area (Å²) in [6, 6.07) is 10.4. The summed E-state index contributed by atoms with van der Waals surface area (Å²) in [5, 5.41) is 5.24. The van der Waals surface area contributed by atoms with Crippen LogP contribution in [0.2, 0.25) is 0 Å². The summed E-state index contributed by atoms with van der Waals surface area (Å²) >= 11 is 0. The molecule has 92 valence electrons. The van der Waals surface area contributed by atoms with Crippen molar-refractivity contribution in [1.29, 1.82) is 0 Å². The second kappa shape index (κ2) is 4.64. The average molecular weight is 241 g/mol. The molecule has 4 heteroatoms. The molecule has 0 aliphatic rings. The normalized spacial score (nSPS) is 11.2. The summed E-state index contributed by atoms with van der Waals surface area (Å²) in [6.07, 6.45) is 3.92. The molecule has 3 aromatic rings. The Morgan fingerprint density at radius 1 is 1.22 bits per heavy atom. The number of aryl methyl sites for hydroxylation is 1. The third-order valence-corrected chi connectivity index (χ3v) is 2.97. The van der Waals surface area contributed by atoms with Crippen molar-refractivity contribution < 1.29 is 4.52 Å². The maximum absolute atomic E-state index is 5.19. The fourth-order valence-corrected chi connectivity index (χ4v) is 2.10. The van der Waals surface area contributed by atoms with Gasteiger partial charge in [0.05, 0.1) is 6.54 Å². The first-order valence-electron chi connectivity index (χ1n) is 6.22. The summed E-state index contributed by atoms with van der Waals surface area (Å²) in [4.78, 5) is 4.38. The van der Waals surface area contributed by atoms with Crippen LogP contribution in [0.4, 0.5) is 0 Å². The van der Waals surface area contributed by atoms with Crippen molar-refractivity contribution >= 4 is 10.9 Å². The molecule has 2 heterocycles. The molecule has 0 bridgehead atoms. The third kappa shape index (κ3) is 2.01. The van der Waals surface area contributed by atoms with Gasteiger partial charge in [0, 0.05) is 18.1 Å². The van der Waals surface area contributed by atoms with E-state index in [1.54, 1.807) is 0 Å². The van der Waals surface area contributed by atoms with Crippen molar-refractivity contribution in [3.63, 3.8) is 0 Å². The van der Waals surface area contributed by atoms with E-state index in [-0.39, 0.29) is 0 Å². The minimum absolute atomic E-state index is 0.653. The van der Waals surface area contributed by atoms with Gasteiger partial charge in [-0.1, -0.05) is 30.3 Å². The van der Waals surface area contributed by atoms with Crippen LogP contribution in [-0.4, -0.2) is 14.7 Å². The Bertz CT molecular complexity index is 654. The highest BCUT2D eigenvalue weighted by Gasteiger charge is 2.07. The lowest BCUT2D eigenvalue weighted by Gasteiger charge is -2.00. The van der Waals surface area contributed by atoms with Gasteiger partial charge in [-0.05, 0) is 23.9 Å². The highest BCUT2D eigenvalue weighted by molar-refractivity contribution is 5.79. The van der Waals surface area contributed by atoms with Crippen molar-refractivity contribution in [2.45, 2.75) is 26.3 Å². The highest BCUT2D eigenvalue weighted by Crippen LogP contribution is 2.16. The molecule has 0 atom stereocenters. The van der Waals surface area contributed by atoms with E-state index < -0.39 is 0 Å². The summed E-state index contributed by atoms with van der Waals surface area (Å²) in [5.74, 6) is 1.46. The number of aromatic nitrogens is 3. The number of rotatable bonds is 4. The van der Waals surface area contributed by atoms with Crippen molar-refractivity contribution in [3.8, 4) is 0 Å². The van der Waals surface area contributed by atoms with Crippen molar-refractivity contribution in [3.05, 3.63) is 48.2 Å². The van der Waals surface area contributed by atoms with Crippen LogP contribution in [0.1, 0.15) is 25.1 Å². The molecule has 0 saturated heterocycles. The second-order valence-corrected chi connectivity index (χ2v) is 4.36. The van der Waals surface area contributed by atoms with Crippen LogP contribution in [0, 0.1) is 0 Å². The Kier molecular flexibility index (Phi) is 2.84. The standard InChI is InChI=1S/C14H15N3O/c1-2-5-14-15-13(16-18-14)10-17-9-8-11-6-3-4-7-12(11)17/h3-4,6-9H,2,5,10H2,1H3. The zero-order valence-electron chi connectivity index (χ0n) is 10.3. The largest absolute Gasteiger partial charge is 0.340 e. The maximum atomic E-state index is 5.19. The van der Waals surface area contributed by atoms with Crippen LogP contribution < -0.4 is 0 Å². The molecule has 0 amide bonds. The lowest BCUT2D eigenvalue weighted by Crippen LogP contribution is -1.99. The van der Waals surface area contributed by atoms with Crippen LogP contribution in [0.3, 0.4) is 0 Å². The SMILES string of the molecule is CCCc1nc(Cn2ccc3ccccc32)no1. The van der Waals surface area contributed by atoms with Crippen LogP contribution in [0.15, 0.2) is 41.1 Å². The molecule has 2 aromatic heterocycles. The number of hydrogen-bond acceptors (Lipinski definition) is 3. The predicted molar refractivity (Wildman–Crippen MR) is 69.3 cm³/mol. The van der Waals surface area contributed by atoms with E-state index in [4.69, 9.17) is 4.52 Å². The van der Waals surface area contributed by atoms with Crippen LogP contribution in [0.5, 0.6) is 0 Å². The Morgan fingerprint density at radius 3 is 3.00 bits per heavy atom. The third-order valence-electron chi connectivity index (χ3n) is 2.97. The molecule has 3 rings (SSSR count). The quantitative estimate of drug-likeness (QED) is 0.705. The number of nitrogens with zero attached hydrogens (tertiary/aromatic N) is 3. The second-order valence-electron chi connectivity index (χ2n) is 4.36. The van der Waals surface area contributed by atoms with Gasteiger partial charge in [0.1, 0.15) is 0 Å². The van der Waals surface area contributed by atoms with Gasteiger partial charge in [0.15, 0.2) is 5.82 Å². The maximum Gasteiger partial charge on any atom is 0.226 e. The van der Waals surface area contributed by atoms with E-state index >= 15 is 0 Å². The first-order valence-corrected chi connectivity index (χ1v) is 6.22. The molecule has 18 heavy (non-hydrogen) atoms. The van der Waals surface area contributed by atoms with Crippen LogP contribution >= 0.6 is 0 Å². The van der Waals surface area contributed by atoms with E-state index in [1.165, 1.54) is 10.9 Å². The Labute approximate surface area is 105 Å². The summed E-state index contributed by atoms with van der Waals surface area (Å²) in [7, 11) is 0. The lowest BCUT2D eigenvalue weighted by atomic mass is 10.2. The highest BCUT2D eigenvalue weighted by atomic mass is 16.5. The van der Waals surface area contributed by atoms with Gasteiger partial charge in [-0.15, -0.1) is 0 Å². The minimum atomic E-state index is 0.653. The lowest BCUT2D eigenvalue weighted by molar-refractivity contribution is 0.371. The van der Waals surface area contributed by atoms with Crippen LogP contribution in [0.25, 0.3) is 10.9 Å². The van der Waals surface area contributed by atoms with E-state index in [0.29, 0.717) is 6.54 Å². The molecule has 0 fully saturated rings. The molecular weight excluding hydrogens is 226 g/mol. The van der Waals surface area contributed by atoms with E-state index in [1.807, 2.05) is 12.1 Å². The summed E-state index contributed by atoms with van der Waals surface area (Å²) in [6.45, 7) is 2.75. The molecule has 0 N–H and O–H groups in total. The number of para-hydroxylation sites is 1. The molecule has 0 saturated carbocycles. The van der Waals surface area contributed by atoms with Gasteiger partial charge in [-0.2, -0.15) is 4.98 Å². The average Bonchev–Trinajstić information content (AvgIpc) is 2.99. The van der Waals surface area contributed by atoms with Crippen LogP contribution in [-0.2, 0) is 13.0 Å². The zero-order valence-corrected chi connectivity index (χ0v) is 10.3. The van der Waals surface area contributed by atoms with Crippen molar-refractivity contribution in [2.75, 3.05) is 0 Å². The molecule has 0 aliphatic carbocycles. The first kappa shape index (κ1) is 11.0. The van der Waals surface area contributed by atoms with Gasteiger partial charge in [0.25, 0.3) is 0 Å². The van der Waals surface area contributed by atoms with Gasteiger partial charge in [0.2, 0.25) is 5.89 Å². The van der Waals surface area contributed by atoms with Crippen molar-refractivity contribution in [1.82, 2.24) is 14.7 Å². The Balaban J connectivity index is 1.87.